The standard InChI is InChI=1S/C21H26O2/c1-3-5-7-16-9-12-18(13-10-16)20-15-17(8-6-4-2)11-14-19(20)21(22)23/h9-15H,3-8H2,1-2H3,(H,22,23)/p-1. The van der Waals surface area contributed by atoms with Crippen molar-refractivity contribution in [2.75, 3.05) is 0 Å². The summed E-state index contributed by atoms with van der Waals surface area (Å²) < 4.78 is 0. The third kappa shape index (κ3) is 4.69. The first-order chi connectivity index (χ1) is 11.2. The van der Waals surface area contributed by atoms with Crippen molar-refractivity contribution in [1.29, 1.82) is 0 Å². The summed E-state index contributed by atoms with van der Waals surface area (Å²) in [5, 5.41) is 11.4. The molecule has 0 aliphatic rings. The predicted octanol–water partition coefficient (Wildman–Crippen LogP) is 4.40. The molecule has 2 aromatic rings. The van der Waals surface area contributed by atoms with Crippen LogP contribution in [0, 0.1) is 0 Å². The molecule has 2 nitrogen and oxygen atoms in total. The zero-order valence-corrected chi connectivity index (χ0v) is 14.1. The Labute approximate surface area is 139 Å². The molecular formula is C21H25O2-. The van der Waals surface area contributed by atoms with Crippen molar-refractivity contribution in [3.63, 3.8) is 0 Å². The van der Waals surface area contributed by atoms with Crippen LogP contribution >= 0.6 is 0 Å². The maximum Gasteiger partial charge on any atom is 0.0721 e. The summed E-state index contributed by atoms with van der Waals surface area (Å²) in [6.45, 7) is 4.34. The van der Waals surface area contributed by atoms with E-state index < -0.39 is 5.97 Å². The second-order valence-corrected chi connectivity index (χ2v) is 6.07. The molecule has 23 heavy (non-hydrogen) atoms. The molecule has 2 aromatic carbocycles. The van der Waals surface area contributed by atoms with Gasteiger partial charge in [-0.25, -0.2) is 0 Å². The number of rotatable bonds is 8. The molecule has 0 atom stereocenters. The molecule has 0 fully saturated rings. The largest absolute Gasteiger partial charge is 0.545 e. The van der Waals surface area contributed by atoms with E-state index in [0.717, 1.165) is 36.8 Å². The van der Waals surface area contributed by atoms with Gasteiger partial charge in [-0.2, -0.15) is 0 Å². The number of hydrogen-bond acceptors (Lipinski definition) is 2. The highest BCUT2D eigenvalue weighted by atomic mass is 16.4. The van der Waals surface area contributed by atoms with E-state index in [2.05, 4.69) is 26.0 Å². The van der Waals surface area contributed by atoms with Gasteiger partial charge in [0.05, 0.1) is 5.97 Å². The van der Waals surface area contributed by atoms with Gasteiger partial charge in [-0.15, -0.1) is 0 Å². The highest BCUT2D eigenvalue weighted by Gasteiger charge is 2.08. The van der Waals surface area contributed by atoms with Crippen LogP contribution in [-0.4, -0.2) is 5.97 Å². The quantitative estimate of drug-likeness (QED) is 0.725. The molecular weight excluding hydrogens is 284 g/mol. The number of aromatic carboxylic acids is 1. The first kappa shape index (κ1) is 17.3. The Balaban J connectivity index is 2.32. The molecule has 0 radical (unpaired) electrons. The number of carbonyl (C=O) groups excluding carboxylic acids is 1. The Morgan fingerprint density at radius 1 is 0.870 bits per heavy atom. The Hall–Kier alpha value is -2.09. The van der Waals surface area contributed by atoms with E-state index in [1.807, 2.05) is 24.3 Å². The van der Waals surface area contributed by atoms with Gasteiger partial charge in [-0.3, -0.25) is 0 Å². The maximum absolute atomic E-state index is 11.4. The van der Waals surface area contributed by atoms with Crippen LogP contribution in [0.25, 0.3) is 11.1 Å². The molecule has 122 valence electrons. The first-order valence-electron chi connectivity index (χ1n) is 8.59. The Kier molecular flexibility index (Phi) is 6.40. The maximum atomic E-state index is 11.4. The second kappa shape index (κ2) is 8.52. The molecule has 0 bridgehead atoms. The number of carbonyl (C=O) groups is 1. The number of unbranched alkanes of at least 4 members (excludes halogenated alkanes) is 2. The van der Waals surface area contributed by atoms with E-state index >= 15 is 0 Å². The summed E-state index contributed by atoms with van der Waals surface area (Å²) in [6, 6.07) is 13.8. The molecule has 0 aromatic heterocycles. The fraction of sp³-hybridized carbons (Fsp3) is 0.381. The normalized spacial score (nSPS) is 10.7. The van der Waals surface area contributed by atoms with Crippen LogP contribution in [-0.2, 0) is 12.8 Å². The van der Waals surface area contributed by atoms with Gasteiger partial charge >= 0.3 is 0 Å². The second-order valence-electron chi connectivity index (χ2n) is 6.07. The minimum atomic E-state index is -1.11. The van der Waals surface area contributed by atoms with E-state index in [0.29, 0.717) is 0 Å². The van der Waals surface area contributed by atoms with Gasteiger partial charge in [-0.05, 0) is 47.9 Å². The van der Waals surface area contributed by atoms with Crippen molar-refractivity contribution in [2.45, 2.75) is 52.4 Å². The van der Waals surface area contributed by atoms with Gasteiger partial charge in [-0.1, -0.05) is 69.2 Å². The Morgan fingerprint density at radius 3 is 2.00 bits per heavy atom. The average molecular weight is 309 g/mol. The summed E-state index contributed by atoms with van der Waals surface area (Å²) >= 11 is 0. The van der Waals surface area contributed by atoms with Gasteiger partial charge in [0.15, 0.2) is 0 Å². The number of hydrogen-bond donors (Lipinski definition) is 0. The van der Waals surface area contributed by atoms with Gasteiger partial charge in [0, 0.05) is 5.56 Å². The van der Waals surface area contributed by atoms with Crippen LogP contribution in [0.2, 0.25) is 0 Å². The molecule has 0 amide bonds. The average Bonchev–Trinajstić information content (AvgIpc) is 2.58. The van der Waals surface area contributed by atoms with E-state index in [1.165, 1.54) is 24.0 Å². The molecule has 0 heterocycles. The molecule has 0 spiro atoms. The molecule has 0 saturated carbocycles. The topological polar surface area (TPSA) is 40.1 Å². The van der Waals surface area contributed by atoms with Crippen LogP contribution in [0.3, 0.4) is 0 Å². The zero-order chi connectivity index (χ0) is 16.7. The van der Waals surface area contributed by atoms with E-state index in [4.69, 9.17) is 0 Å². The molecule has 0 aliphatic heterocycles. The van der Waals surface area contributed by atoms with Crippen molar-refractivity contribution in [1.82, 2.24) is 0 Å². The smallest absolute Gasteiger partial charge is 0.0721 e. The molecule has 0 unspecified atom stereocenters. The van der Waals surface area contributed by atoms with Crippen molar-refractivity contribution >= 4 is 5.97 Å². The van der Waals surface area contributed by atoms with Crippen LogP contribution in [0.15, 0.2) is 42.5 Å². The van der Waals surface area contributed by atoms with Crippen LogP contribution in [0.4, 0.5) is 0 Å². The summed E-state index contributed by atoms with van der Waals surface area (Å²) in [5.41, 5.74) is 4.46. The summed E-state index contributed by atoms with van der Waals surface area (Å²) in [5.74, 6) is -1.11. The molecule has 0 aliphatic carbocycles. The summed E-state index contributed by atoms with van der Waals surface area (Å²) in [6.07, 6.45) is 6.64. The van der Waals surface area contributed by atoms with Gasteiger partial charge in [0.2, 0.25) is 0 Å². The lowest BCUT2D eigenvalue weighted by molar-refractivity contribution is -0.254. The van der Waals surface area contributed by atoms with Gasteiger partial charge in [0.25, 0.3) is 0 Å². The van der Waals surface area contributed by atoms with Crippen LogP contribution in [0.1, 0.15) is 61.0 Å². The summed E-state index contributed by atoms with van der Waals surface area (Å²) in [7, 11) is 0. The fourth-order valence-electron chi connectivity index (χ4n) is 2.78. The van der Waals surface area contributed by atoms with Gasteiger partial charge < -0.3 is 9.90 Å². The Bertz CT molecular complexity index is 641. The number of aryl methyl sites for hydroxylation is 2. The molecule has 0 N–H and O–H groups in total. The predicted molar refractivity (Wildman–Crippen MR) is 93.4 cm³/mol. The third-order valence-electron chi connectivity index (χ3n) is 4.21. The third-order valence-corrected chi connectivity index (χ3v) is 4.21. The minimum Gasteiger partial charge on any atom is -0.545 e. The lowest BCUT2D eigenvalue weighted by atomic mass is 9.94. The number of carboxylic acid groups (broad SMARTS) is 1. The van der Waals surface area contributed by atoms with E-state index in [-0.39, 0.29) is 5.56 Å². The fourth-order valence-corrected chi connectivity index (χ4v) is 2.78. The molecule has 0 saturated heterocycles. The Morgan fingerprint density at radius 2 is 1.43 bits per heavy atom. The lowest BCUT2D eigenvalue weighted by Crippen LogP contribution is -2.23. The van der Waals surface area contributed by atoms with Crippen molar-refractivity contribution in [3.8, 4) is 11.1 Å². The van der Waals surface area contributed by atoms with Crippen LogP contribution < -0.4 is 5.11 Å². The van der Waals surface area contributed by atoms with Crippen LogP contribution in [0.5, 0.6) is 0 Å². The van der Waals surface area contributed by atoms with Crippen molar-refractivity contribution in [3.05, 3.63) is 59.2 Å². The van der Waals surface area contributed by atoms with Crippen molar-refractivity contribution < 1.29 is 9.90 Å². The minimum absolute atomic E-state index is 0.270. The van der Waals surface area contributed by atoms with E-state index in [9.17, 15) is 9.90 Å². The van der Waals surface area contributed by atoms with Gasteiger partial charge in [0.1, 0.15) is 0 Å². The molecule has 2 rings (SSSR count). The molecule has 2 heteroatoms. The van der Waals surface area contributed by atoms with Crippen molar-refractivity contribution in [2.24, 2.45) is 0 Å². The number of benzene rings is 2. The highest BCUT2D eigenvalue weighted by Crippen LogP contribution is 2.26. The SMILES string of the molecule is CCCCc1ccc(-c2cc(CCCC)ccc2C(=O)[O-])cc1. The number of carboxylic acids is 1. The van der Waals surface area contributed by atoms with E-state index in [1.54, 1.807) is 6.07 Å². The zero-order valence-electron chi connectivity index (χ0n) is 14.1. The summed E-state index contributed by atoms with van der Waals surface area (Å²) in [4.78, 5) is 11.4. The highest BCUT2D eigenvalue weighted by molar-refractivity contribution is 5.94. The lowest BCUT2D eigenvalue weighted by Gasteiger charge is -2.13. The monoisotopic (exact) mass is 309 g/mol. The first-order valence-corrected chi connectivity index (χ1v) is 8.59.